The van der Waals surface area contributed by atoms with Gasteiger partial charge in [0.1, 0.15) is 17.2 Å². The van der Waals surface area contributed by atoms with E-state index in [9.17, 15) is 4.79 Å². The number of ether oxygens (including phenoxy) is 3. The summed E-state index contributed by atoms with van der Waals surface area (Å²) in [7, 11) is 4.86. The van der Waals surface area contributed by atoms with Crippen molar-refractivity contribution in [3.63, 3.8) is 0 Å². The second kappa shape index (κ2) is 7.91. The number of allylic oxidation sites excluding steroid dienone is 2. The van der Waals surface area contributed by atoms with E-state index >= 15 is 0 Å². The largest absolute Gasteiger partial charge is 0.497 e. The molecule has 2 aromatic carbocycles. The Labute approximate surface area is 153 Å². The number of rotatable bonds is 5. The summed E-state index contributed by atoms with van der Waals surface area (Å²) in [6, 6.07) is 13.3. The van der Waals surface area contributed by atoms with Gasteiger partial charge in [0.2, 0.25) is 0 Å². The second-order valence-corrected chi connectivity index (χ2v) is 6.09. The molecule has 3 rings (SSSR count). The van der Waals surface area contributed by atoms with Gasteiger partial charge < -0.3 is 14.2 Å². The molecular weight excluding hydrogens is 328 g/mol. The van der Waals surface area contributed by atoms with Crippen LogP contribution in [-0.4, -0.2) is 27.1 Å². The van der Waals surface area contributed by atoms with E-state index in [2.05, 4.69) is 0 Å². The Balaban J connectivity index is 1.84. The molecule has 1 aliphatic carbocycles. The van der Waals surface area contributed by atoms with E-state index in [0.717, 1.165) is 40.9 Å². The van der Waals surface area contributed by atoms with Crippen molar-refractivity contribution in [2.24, 2.45) is 0 Å². The lowest BCUT2D eigenvalue weighted by Gasteiger charge is -2.06. The highest BCUT2D eigenvalue weighted by Gasteiger charge is 2.23. The van der Waals surface area contributed by atoms with E-state index in [1.165, 1.54) is 0 Å². The summed E-state index contributed by atoms with van der Waals surface area (Å²) in [6.45, 7) is 0. The monoisotopic (exact) mass is 350 g/mol. The Morgan fingerprint density at radius 3 is 1.69 bits per heavy atom. The minimum absolute atomic E-state index is 0.0996. The first-order valence-corrected chi connectivity index (χ1v) is 8.46. The predicted octanol–water partition coefficient (Wildman–Crippen LogP) is 4.54. The third-order valence-electron chi connectivity index (χ3n) is 4.42. The van der Waals surface area contributed by atoms with Gasteiger partial charge in [-0.1, -0.05) is 12.1 Å². The SMILES string of the molecule is COc1ccc(C=C2CCC(=Cc3cc(OC)cc(OC)c3)C2=O)cc1. The van der Waals surface area contributed by atoms with Crippen LogP contribution < -0.4 is 14.2 Å². The van der Waals surface area contributed by atoms with Crippen LogP contribution in [0.25, 0.3) is 12.2 Å². The van der Waals surface area contributed by atoms with Crippen LogP contribution in [0, 0.1) is 0 Å². The summed E-state index contributed by atoms with van der Waals surface area (Å²) in [5.74, 6) is 2.31. The van der Waals surface area contributed by atoms with Gasteiger partial charge in [0, 0.05) is 17.2 Å². The van der Waals surface area contributed by atoms with Crippen molar-refractivity contribution in [1.29, 1.82) is 0 Å². The molecule has 0 bridgehead atoms. The predicted molar refractivity (Wildman–Crippen MR) is 103 cm³/mol. The Bertz CT molecular complexity index is 838. The molecule has 0 radical (unpaired) electrons. The van der Waals surface area contributed by atoms with Crippen LogP contribution in [0.15, 0.2) is 53.6 Å². The first kappa shape index (κ1) is 17.8. The zero-order chi connectivity index (χ0) is 18.5. The summed E-state index contributed by atoms with van der Waals surface area (Å²) < 4.78 is 15.7. The molecule has 0 N–H and O–H groups in total. The topological polar surface area (TPSA) is 44.8 Å². The van der Waals surface area contributed by atoms with Gasteiger partial charge in [0.05, 0.1) is 21.3 Å². The van der Waals surface area contributed by atoms with Gasteiger partial charge in [-0.25, -0.2) is 0 Å². The van der Waals surface area contributed by atoms with Crippen molar-refractivity contribution in [1.82, 2.24) is 0 Å². The second-order valence-electron chi connectivity index (χ2n) is 6.09. The number of methoxy groups -OCH3 is 3. The summed E-state index contributed by atoms with van der Waals surface area (Å²) in [5, 5.41) is 0. The number of hydrogen-bond donors (Lipinski definition) is 0. The first-order chi connectivity index (χ1) is 12.6. The maximum atomic E-state index is 12.7. The molecule has 0 aromatic heterocycles. The van der Waals surface area contributed by atoms with Crippen molar-refractivity contribution in [3.05, 3.63) is 64.7 Å². The number of hydrogen-bond acceptors (Lipinski definition) is 4. The van der Waals surface area contributed by atoms with Gasteiger partial charge in [0.15, 0.2) is 5.78 Å². The quantitative estimate of drug-likeness (QED) is 0.743. The number of carbonyl (C=O) groups excluding carboxylic acids is 1. The minimum atomic E-state index is 0.0996. The fraction of sp³-hybridized carbons (Fsp3) is 0.227. The third kappa shape index (κ3) is 3.97. The molecule has 0 spiro atoms. The molecule has 4 nitrogen and oxygen atoms in total. The average molecular weight is 350 g/mol. The van der Waals surface area contributed by atoms with E-state index in [0.29, 0.717) is 11.5 Å². The zero-order valence-corrected chi connectivity index (χ0v) is 15.2. The maximum absolute atomic E-state index is 12.7. The van der Waals surface area contributed by atoms with Crippen LogP contribution in [0.2, 0.25) is 0 Å². The van der Waals surface area contributed by atoms with E-state index in [1.807, 2.05) is 54.6 Å². The molecule has 1 saturated carbocycles. The lowest BCUT2D eigenvalue weighted by atomic mass is 10.1. The van der Waals surface area contributed by atoms with Crippen molar-refractivity contribution in [3.8, 4) is 17.2 Å². The standard InChI is InChI=1S/C22H22O4/c1-24-19-8-4-15(5-9-19)10-17-6-7-18(22(17)23)11-16-12-20(25-2)14-21(13-16)26-3/h4-5,8-14H,6-7H2,1-3H3. The smallest absolute Gasteiger partial charge is 0.185 e. The van der Waals surface area contributed by atoms with Crippen LogP contribution in [0.3, 0.4) is 0 Å². The minimum Gasteiger partial charge on any atom is -0.497 e. The van der Waals surface area contributed by atoms with Crippen LogP contribution in [0.4, 0.5) is 0 Å². The number of Topliss-reactive ketones (excluding diaryl/α,β-unsaturated/α-hetero) is 1. The Morgan fingerprint density at radius 2 is 1.19 bits per heavy atom. The van der Waals surface area contributed by atoms with E-state index in [-0.39, 0.29) is 5.78 Å². The molecule has 0 saturated heterocycles. The van der Waals surface area contributed by atoms with Crippen molar-refractivity contribution < 1.29 is 19.0 Å². The fourth-order valence-electron chi connectivity index (χ4n) is 2.99. The normalized spacial score (nSPS) is 17.0. The Morgan fingerprint density at radius 1 is 0.692 bits per heavy atom. The number of benzene rings is 2. The average Bonchev–Trinajstić information content (AvgIpc) is 3.01. The highest BCUT2D eigenvalue weighted by Crippen LogP contribution is 2.31. The van der Waals surface area contributed by atoms with E-state index < -0.39 is 0 Å². The lowest BCUT2D eigenvalue weighted by Crippen LogP contribution is -1.96. The van der Waals surface area contributed by atoms with Crippen LogP contribution in [-0.2, 0) is 4.79 Å². The first-order valence-electron chi connectivity index (χ1n) is 8.46. The lowest BCUT2D eigenvalue weighted by molar-refractivity contribution is -0.111. The zero-order valence-electron chi connectivity index (χ0n) is 15.2. The van der Waals surface area contributed by atoms with Crippen molar-refractivity contribution >= 4 is 17.9 Å². The number of ketones is 1. The Kier molecular flexibility index (Phi) is 5.42. The van der Waals surface area contributed by atoms with Crippen molar-refractivity contribution in [2.75, 3.05) is 21.3 Å². The highest BCUT2D eigenvalue weighted by molar-refractivity contribution is 6.15. The van der Waals surface area contributed by atoms with Gasteiger partial charge in [-0.05, 0) is 60.4 Å². The van der Waals surface area contributed by atoms with Gasteiger partial charge >= 0.3 is 0 Å². The maximum Gasteiger partial charge on any atom is 0.185 e. The van der Waals surface area contributed by atoms with E-state index in [1.54, 1.807) is 21.3 Å². The summed E-state index contributed by atoms with van der Waals surface area (Å²) in [6.07, 6.45) is 5.36. The molecule has 2 aromatic rings. The van der Waals surface area contributed by atoms with Gasteiger partial charge in [-0.3, -0.25) is 4.79 Å². The van der Waals surface area contributed by atoms with Crippen LogP contribution in [0.1, 0.15) is 24.0 Å². The molecule has 134 valence electrons. The molecule has 0 atom stereocenters. The highest BCUT2D eigenvalue weighted by atomic mass is 16.5. The van der Waals surface area contributed by atoms with E-state index in [4.69, 9.17) is 14.2 Å². The molecule has 0 heterocycles. The summed E-state index contributed by atoms with van der Waals surface area (Å²) >= 11 is 0. The molecule has 1 fully saturated rings. The fourth-order valence-corrected chi connectivity index (χ4v) is 2.99. The summed E-state index contributed by atoms with van der Waals surface area (Å²) in [5.41, 5.74) is 3.53. The van der Waals surface area contributed by atoms with Crippen molar-refractivity contribution in [2.45, 2.75) is 12.8 Å². The van der Waals surface area contributed by atoms with Gasteiger partial charge in [-0.2, -0.15) is 0 Å². The van der Waals surface area contributed by atoms with Gasteiger partial charge in [0.25, 0.3) is 0 Å². The van der Waals surface area contributed by atoms with Crippen LogP contribution >= 0.6 is 0 Å². The summed E-state index contributed by atoms with van der Waals surface area (Å²) in [4.78, 5) is 12.7. The molecule has 26 heavy (non-hydrogen) atoms. The van der Waals surface area contributed by atoms with Crippen LogP contribution in [0.5, 0.6) is 17.2 Å². The molecule has 0 aliphatic heterocycles. The molecule has 0 unspecified atom stereocenters. The molecule has 4 heteroatoms. The Hall–Kier alpha value is -3.01. The third-order valence-corrected chi connectivity index (χ3v) is 4.42. The van der Waals surface area contributed by atoms with Gasteiger partial charge in [-0.15, -0.1) is 0 Å². The molecule has 0 amide bonds. The molecule has 1 aliphatic rings. The number of carbonyl (C=O) groups is 1. The molecular formula is C22H22O4.